The van der Waals surface area contributed by atoms with Crippen molar-refractivity contribution in [2.24, 2.45) is 5.92 Å². The van der Waals surface area contributed by atoms with Crippen LogP contribution < -0.4 is 0 Å². The molecular weight excluding hydrogens is 374 g/mol. The van der Waals surface area contributed by atoms with Gasteiger partial charge in [0.2, 0.25) is 5.91 Å². The van der Waals surface area contributed by atoms with Crippen molar-refractivity contribution >= 4 is 28.4 Å². The second kappa shape index (κ2) is 7.63. The summed E-state index contributed by atoms with van der Waals surface area (Å²) >= 11 is 0. The highest BCUT2D eigenvalue weighted by molar-refractivity contribution is 6.80. The van der Waals surface area contributed by atoms with E-state index < -0.39 is 16.6 Å². The van der Waals surface area contributed by atoms with Crippen LogP contribution in [-0.4, -0.2) is 52.3 Å². The zero-order chi connectivity index (χ0) is 21.6. The van der Waals surface area contributed by atoms with Crippen molar-refractivity contribution in [2.45, 2.75) is 103 Å². The second-order valence-corrected chi connectivity index (χ2v) is 20.8. The van der Waals surface area contributed by atoms with Gasteiger partial charge in [-0.25, -0.2) is 0 Å². The Kier molecular flexibility index (Phi) is 6.89. The molecule has 3 atom stereocenters. The average molecular weight is 416 g/mol. The fraction of sp³-hybridized carbons (Fsp3) is 0.900. The van der Waals surface area contributed by atoms with E-state index in [1.807, 2.05) is 11.5 Å². The minimum Gasteiger partial charge on any atom is -0.469 e. The maximum atomic E-state index is 13.3. The highest BCUT2D eigenvalue weighted by atomic mass is 28.4. The molecule has 0 aromatic rings. The molecule has 1 rings (SSSR count). The third-order valence-corrected chi connectivity index (χ3v) is 17.1. The summed E-state index contributed by atoms with van der Waals surface area (Å²) in [5.41, 5.74) is 0. The molecule has 1 aliphatic rings. The Hall–Kier alpha value is -0.666. The lowest BCUT2D eigenvalue weighted by atomic mass is 9.84. The van der Waals surface area contributed by atoms with Gasteiger partial charge in [-0.3, -0.25) is 9.59 Å². The number of methoxy groups -OCH3 is 1. The van der Waals surface area contributed by atoms with Crippen LogP contribution in [0.4, 0.5) is 0 Å². The highest BCUT2D eigenvalue weighted by Crippen LogP contribution is 2.48. The molecule has 0 aromatic heterocycles. The normalized spacial score (nSPS) is 23.1. The number of esters is 1. The maximum Gasteiger partial charge on any atom is 0.307 e. The minimum absolute atomic E-state index is 0.0194. The van der Waals surface area contributed by atoms with E-state index in [4.69, 9.17) is 9.16 Å². The number of hydrogen-bond acceptors (Lipinski definition) is 4. The van der Waals surface area contributed by atoms with E-state index in [0.717, 1.165) is 0 Å². The Bertz CT molecular complexity index is 576. The fourth-order valence-corrected chi connectivity index (χ4v) is 7.25. The Balaban J connectivity index is 3.16. The number of carbonyl (C=O) groups is 2. The molecule has 0 aliphatic carbocycles. The van der Waals surface area contributed by atoms with Crippen LogP contribution in [0.1, 0.15) is 54.9 Å². The molecular formula is C20H41NO4Si2. The lowest BCUT2D eigenvalue weighted by Crippen LogP contribution is -2.75. The standard InChI is InChI=1S/C20H41NO4Si2/c1-14(25-27(11,12)20(5,6)7)17-15(13-16(22)24-8)21(18(17)23)26(9,10)19(2,3)4/h14-15,17H,13H2,1-12H3/t14-,15-,17-/m1/s1. The van der Waals surface area contributed by atoms with Crippen molar-refractivity contribution in [3.63, 3.8) is 0 Å². The van der Waals surface area contributed by atoms with E-state index in [2.05, 4.69) is 67.7 Å². The quantitative estimate of drug-likeness (QED) is 0.355. The second-order valence-electron chi connectivity index (χ2n) is 11.0. The van der Waals surface area contributed by atoms with Crippen molar-refractivity contribution in [3.8, 4) is 0 Å². The number of amides is 1. The molecule has 1 aliphatic heterocycles. The molecule has 1 heterocycles. The van der Waals surface area contributed by atoms with Crippen molar-refractivity contribution < 1.29 is 18.8 Å². The van der Waals surface area contributed by atoms with Crippen molar-refractivity contribution in [1.82, 2.24) is 4.57 Å². The molecule has 0 radical (unpaired) electrons. The predicted octanol–water partition coefficient (Wildman–Crippen LogP) is 4.79. The Morgan fingerprint density at radius 3 is 1.93 bits per heavy atom. The summed E-state index contributed by atoms with van der Waals surface area (Å²) in [5.74, 6) is -0.394. The van der Waals surface area contributed by atoms with Crippen LogP contribution in [0.5, 0.6) is 0 Å². The molecule has 1 saturated heterocycles. The molecule has 158 valence electrons. The van der Waals surface area contributed by atoms with Gasteiger partial charge in [-0.05, 0) is 30.1 Å². The summed E-state index contributed by atoms with van der Waals surface area (Å²) < 4.78 is 13.5. The molecule has 0 aromatic carbocycles. The monoisotopic (exact) mass is 415 g/mol. The zero-order valence-electron chi connectivity index (χ0n) is 19.5. The molecule has 0 spiro atoms. The largest absolute Gasteiger partial charge is 0.469 e. The lowest BCUT2D eigenvalue weighted by Gasteiger charge is -2.60. The van der Waals surface area contributed by atoms with Crippen molar-refractivity contribution in [2.75, 3.05) is 7.11 Å². The van der Waals surface area contributed by atoms with Gasteiger partial charge >= 0.3 is 5.97 Å². The number of nitrogens with zero attached hydrogens (tertiary/aromatic N) is 1. The first-order valence-electron chi connectivity index (χ1n) is 9.96. The van der Waals surface area contributed by atoms with Gasteiger partial charge in [-0.15, -0.1) is 0 Å². The Morgan fingerprint density at radius 1 is 1.07 bits per heavy atom. The van der Waals surface area contributed by atoms with Crippen LogP contribution in [0.2, 0.25) is 36.3 Å². The molecule has 1 amide bonds. The lowest BCUT2D eigenvalue weighted by molar-refractivity contribution is -0.159. The van der Waals surface area contributed by atoms with Gasteiger partial charge in [-0.2, -0.15) is 0 Å². The van der Waals surface area contributed by atoms with E-state index >= 15 is 0 Å². The number of rotatable bonds is 6. The van der Waals surface area contributed by atoms with Crippen molar-refractivity contribution in [3.05, 3.63) is 0 Å². The number of ether oxygens (including phenoxy) is 1. The number of hydrogen-bond donors (Lipinski definition) is 0. The van der Waals surface area contributed by atoms with Gasteiger partial charge < -0.3 is 13.7 Å². The van der Waals surface area contributed by atoms with Crippen LogP contribution in [-0.2, 0) is 18.8 Å². The van der Waals surface area contributed by atoms with E-state index in [1.165, 1.54) is 7.11 Å². The summed E-state index contributed by atoms with van der Waals surface area (Å²) in [4.78, 5) is 25.3. The van der Waals surface area contributed by atoms with Crippen molar-refractivity contribution in [1.29, 1.82) is 0 Å². The molecule has 0 saturated carbocycles. The SMILES string of the molecule is COC(=O)C[C@@H]1[C@@H]([C@@H](C)O[Si](C)(C)C(C)(C)C)C(=O)N1[Si](C)(C)C(C)(C)C. The van der Waals surface area contributed by atoms with Gasteiger partial charge in [0.05, 0.1) is 25.6 Å². The fourth-order valence-electron chi connectivity index (χ4n) is 3.32. The smallest absolute Gasteiger partial charge is 0.307 e. The first-order valence-corrected chi connectivity index (χ1v) is 15.8. The molecule has 1 fully saturated rings. The Labute approximate surface area is 168 Å². The predicted molar refractivity (Wildman–Crippen MR) is 116 cm³/mol. The molecule has 27 heavy (non-hydrogen) atoms. The first kappa shape index (κ1) is 24.4. The van der Waals surface area contributed by atoms with E-state index in [9.17, 15) is 9.59 Å². The summed E-state index contributed by atoms with van der Waals surface area (Å²) in [6.45, 7) is 24.0. The van der Waals surface area contributed by atoms with E-state index in [-0.39, 0.29) is 46.4 Å². The van der Waals surface area contributed by atoms with Crippen LogP contribution in [0.3, 0.4) is 0 Å². The average Bonchev–Trinajstić information content (AvgIpc) is 2.42. The third-order valence-electron chi connectivity index (χ3n) is 7.10. The molecule has 0 unspecified atom stereocenters. The van der Waals surface area contributed by atoms with Crippen LogP contribution in [0.15, 0.2) is 0 Å². The van der Waals surface area contributed by atoms with Gasteiger partial charge in [0.1, 0.15) is 0 Å². The molecule has 7 heteroatoms. The topological polar surface area (TPSA) is 55.8 Å². The molecule has 0 N–H and O–H groups in total. The summed E-state index contributed by atoms with van der Waals surface area (Å²) in [6, 6.07) is -0.134. The summed E-state index contributed by atoms with van der Waals surface area (Å²) in [5, 5.41) is 0.0938. The molecule has 0 bridgehead atoms. The van der Waals surface area contributed by atoms with Gasteiger partial charge in [0.25, 0.3) is 0 Å². The van der Waals surface area contributed by atoms with E-state index in [1.54, 1.807) is 0 Å². The molecule has 5 nitrogen and oxygen atoms in total. The highest BCUT2D eigenvalue weighted by Gasteiger charge is 2.59. The minimum atomic E-state index is -2.08. The number of β-lactam (4-membered cyclic amide) rings is 1. The van der Waals surface area contributed by atoms with Crippen LogP contribution >= 0.6 is 0 Å². The maximum absolute atomic E-state index is 13.3. The summed E-state index contributed by atoms with van der Waals surface area (Å²) in [6.07, 6.45) is 0.0408. The van der Waals surface area contributed by atoms with E-state index in [0.29, 0.717) is 0 Å². The van der Waals surface area contributed by atoms with Gasteiger partial charge in [0, 0.05) is 6.04 Å². The third kappa shape index (κ3) is 4.67. The van der Waals surface area contributed by atoms with Crippen LogP contribution in [0.25, 0.3) is 0 Å². The Morgan fingerprint density at radius 2 is 1.56 bits per heavy atom. The van der Waals surface area contributed by atoms with Gasteiger partial charge in [0.15, 0.2) is 16.6 Å². The van der Waals surface area contributed by atoms with Gasteiger partial charge in [-0.1, -0.05) is 54.6 Å². The number of carbonyl (C=O) groups excluding carboxylic acids is 2. The summed E-state index contributed by atoms with van der Waals surface area (Å²) in [7, 11) is -2.67. The first-order chi connectivity index (χ1) is 11.9. The van der Waals surface area contributed by atoms with Crippen LogP contribution in [0, 0.1) is 5.92 Å². The zero-order valence-corrected chi connectivity index (χ0v) is 21.5.